The lowest BCUT2D eigenvalue weighted by atomic mass is 10.2. The van der Waals surface area contributed by atoms with Gasteiger partial charge in [-0.2, -0.15) is 0 Å². The Morgan fingerprint density at radius 2 is 2.28 bits per heavy atom. The molecule has 0 saturated carbocycles. The average molecular weight is 284 g/mol. The second kappa shape index (κ2) is 6.09. The summed E-state index contributed by atoms with van der Waals surface area (Å²) in [4.78, 5) is 0.934. The van der Waals surface area contributed by atoms with E-state index in [0.717, 1.165) is 10.6 Å². The number of aliphatic hydroxyl groups excluding tert-OH is 1. The van der Waals surface area contributed by atoms with E-state index in [9.17, 15) is 5.11 Å². The van der Waals surface area contributed by atoms with Crippen molar-refractivity contribution in [2.24, 2.45) is 0 Å². The number of halogens is 1. The summed E-state index contributed by atoms with van der Waals surface area (Å²) in [5.74, 6) is 0.706. The summed E-state index contributed by atoms with van der Waals surface area (Å²) in [7, 11) is 1.60. The Bertz CT molecular complexity index is 502. The third-order valence-corrected chi connectivity index (χ3v) is 3.73. The first-order valence-corrected chi connectivity index (χ1v) is 6.75. The first-order chi connectivity index (χ1) is 8.70. The minimum Gasteiger partial charge on any atom is -0.495 e. The van der Waals surface area contributed by atoms with E-state index < -0.39 is 6.10 Å². The number of benzene rings is 1. The van der Waals surface area contributed by atoms with E-state index in [1.165, 1.54) is 11.3 Å². The zero-order valence-electron chi connectivity index (χ0n) is 9.89. The highest BCUT2D eigenvalue weighted by Gasteiger charge is 2.10. The van der Waals surface area contributed by atoms with E-state index in [0.29, 0.717) is 17.3 Å². The van der Waals surface area contributed by atoms with Crippen LogP contribution in [0.2, 0.25) is 5.02 Å². The van der Waals surface area contributed by atoms with Crippen LogP contribution in [0.25, 0.3) is 0 Å². The van der Waals surface area contributed by atoms with Gasteiger partial charge in [-0.1, -0.05) is 17.7 Å². The highest BCUT2D eigenvalue weighted by atomic mass is 35.5. The fraction of sp³-hybridized carbons (Fsp3) is 0.231. The first kappa shape index (κ1) is 13.2. The van der Waals surface area contributed by atoms with Crippen LogP contribution in [-0.4, -0.2) is 18.8 Å². The van der Waals surface area contributed by atoms with Crippen molar-refractivity contribution >= 4 is 28.6 Å². The minimum atomic E-state index is -0.534. The number of nitrogens with one attached hydrogen (secondary N) is 1. The van der Waals surface area contributed by atoms with Crippen LogP contribution in [0.3, 0.4) is 0 Å². The molecule has 5 heteroatoms. The molecule has 1 atom stereocenters. The number of thiophene rings is 1. The maximum atomic E-state index is 9.98. The molecule has 3 nitrogen and oxygen atoms in total. The Kier molecular flexibility index (Phi) is 4.47. The molecular weight excluding hydrogens is 270 g/mol. The smallest absolute Gasteiger partial charge is 0.142 e. The lowest BCUT2D eigenvalue weighted by molar-refractivity contribution is 0.195. The van der Waals surface area contributed by atoms with E-state index in [1.54, 1.807) is 25.3 Å². The van der Waals surface area contributed by atoms with Crippen molar-refractivity contribution in [2.45, 2.75) is 6.10 Å². The molecule has 0 radical (unpaired) electrons. The van der Waals surface area contributed by atoms with Crippen LogP contribution in [0.1, 0.15) is 11.0 Å². The van der Waals surface area contributed by atoms with E-state index in [2.05, 4.69) is 5.32 Å². The van der Waals surface area contributed by atoms with Crippen molar-refractivity contribution in [3.63, 3.8) is 0 Å². The van der Waals surface area contributed by atoms with Crippen LogP contribution in [-0.2, 0) is 0 Å². The molecule has 0 amide bonds. The molecule has 1 heterocycles. The molecule has 1 aromatic carbocycles. The van der Waals surface area contributed by atoms with Crippen molar-refractivity contribution in [2.75, 3.05) is 19.0 Å². The minimum absolute atomic E-state index is 0.414. The molecule has 1 aromatic heterocycles. The van der Waals surface area contributed by atoms with Crippen molar-refractivity contribution in [1.82, 2.24) is 0 Å². The number of ether oxygens (including phenoxy) is 1. The van der Waals surface area contributed by atoms with Gasteiger partial charge >= 0.3 is 0 Å². The van der Waals surface area contributed by atoms with Gasteiger partial charge in [0.25, 0.3) is 0 Å². The van der Waals surface area contributed by atoms with Gasteiger partial charge in [0, 0.05) is 16.4 Å². The predicted octanol–water partition coefficient (Wildman–Crippen LogP) is 3.56. The molecule has 0 bridgehead atoms. The SMILES string of the molecule is COc1ccc(Cl)cc1NCC(O)c1cccs1. The number of aliphatic hydroxyl groups is 1. The number of rotatable bonds is 5. The van der Waals surface area contributed by atoms with Crippen LogP contribution in [0, 0.1) is 0 Å². The number of hydrogen-bond donors (Lipinski definition) is 2. The summed E-state index contributed by atoms with van der Waals surface area (Å²) in [6.07, 6.45) is -0.534. The third-order valence-electron chi connectivity index (χ3n) is 2.52. The zero-order chi connectivity index (χ0) is 13.0. The molecule has 0 aliphatic heterocycles. The van der Waals surface area contributed by atoms with Gasteiger partial charge in [0.1, 0.15) is 11.9 Å². The zero-order valence-corrected chi connectivity index (χ0v) is 11.5. The summed E-state index contributed by atoms with van der Waals surface area (Å²) >= 11 is 7.46. The summed E-state index contributed by atoms with van der Waals surface area (Å²) in [6, 6.07) is 9.17. The third kappa shape index (κ3) is 3.16. The van der Waals surface area contributed by atoms with E-state index >= 15 is 0 Å². The van der Waals surface area contributed by atoms with Gasteiger partial charge in [-0.05, 0) is 29.6 Å². The Morgan fingerprint density at radius 1 is 1.44 bits per heavy atom. The first-order valence-electron chi connectivity index (χ1n) is 5.49. The fourth-order valence-electron chi connectivity index (χ4n) is 1.61. The Balaban J connectivity index is 2.03. The van der Waals surface area contributed by atoms with Crippen LogP contribution in [0.5, 0.6) is 5.75 Å². The Morgan fingerprint density at radius 3 is 2.94 bits per heavy atom. The molecule has 2 aromatic rings. The summed E-state index contributed by atoms with van der Waals surface area (Å²) in [6.45, 7) is 0.414. The van der Waals surface area contributed by atoms with E-state index in [4.69, 9.17) is 16.3 Å². The maximum Gasteiger partial charge on any atom is 0.142 e. The maximum absolute atomic E-state index is 9.98. The summed E-state index contributed by atoms with van der Waals surface area (Å²) in [5.41, 5.74) is 0.778. The standard InChI is InChI=1S/C13H14ClNO2S/c1-17-12-5-4-9(14)7-10(12)15-8-11(16)13-3-2-6-18-13/h2-7,11,15-16H,8H2,1H3. The Hall–Kier alpha value is -1.23. The van der Waals surface area contributed by atoms with Gasteiger partial charge in [0.15, 0.2) is 0 Å². The topological polar surface area (TPSA) is 41.5 Å². The number of anilines is 1. The highest BCUT2D eigenvalue weighted by Crippen LogP contribution is 2.28. The fourth-order valence-corrected chi connectivity index (χ4v) is 2.49. The van der Waals surface area contributed by atoms with Gasteiger partial charge < -0.3 is 15.2 Å². The van der Waals surface area contributed by atoms with Crippen LogP contribution in [0.15, 0.2) is 35.7 Å². The Labute approximate surface area is 115 Å². The molecule has 0 spiro atoms. The largest absolute Gasteiger partial charge is 0.495 e. The number of methoxy groups -OCH3 is 1. The molecule has 0 aliphatic carbocycles. The summed E-state index contributed by atoms with van der Waals surface area (Å²) < 4.78 is 5.22. The van der Waals surface area contributed by atoms with Crippen molar-refractivity contribution in [3.8, 4) is 5.75 Å². The molecule has 18 heavy (non-hydrogen) atoms. The van der Waals surface area contributed by atoms with E-state index in [1.807, 2.05) is 17.5 Å². The van der Waals surface area contributed by atoms with Crippen molar-refractivity contribution in [3.05, 3.63) is 45.6 Å². The highest BCUT2D eigenvalue weighted by molar-refractivity contribution is 7.10. The predicted molar refractivity (Wildman–Crippen MR) is 75.8 cm³/mol. The van der Waals surface area contributed by atoms with Gasteiger partial charge in [-0.3, -0.25) is 0 Å². The molecule has 1 unspecified atom stereocenters. The van der Waals surface area contributed by atoms with Gasteiger partial charge in [-0.15, -0.1) is 11.3 Å². The molecular formula is C13H14ClNO2S. The van der Waals surface area contributed by atoms with Gasteiger partial charge in [0.05, 0.1) is 12.8 Å². The molecule has 0 aliphatic rings. The lowest BCUT2D eigenvalue weighted by Crippen LogP contribution is -2.11. The van der Waals surface area contributed by atoms with Gasteiger partial charge in [0.2, 0.25) is 0 Å². The quantitative estimate of drug-likeness (QED) is 0.882. The second-order valence-electron chi connectivity index (χ2n) is 3.76. The molecule has 2 rings (SSSR count). The molecule has 96 valence electrons. The van der Waals surface area contributed by atoms with Crippen LogP contribution >= 0.6 is 22.9 Å². The van der Waals surface area contributed by atoms with Crippen molar-refractivity contribution in [1.29, 1.82) is 0 Å². The van der Waals surface area contributed by atoms with E-state index in [-0.39, 0.29) is 0 Å². The summed E-state index contributed by atoms with van der Waals surface area (Å²) in [5, 5.41) is 15.7. The van der Waals surface area contributed by atoms with Gasteiger partial charge in [-0.25, -0.2) is 0 Å². The van der Waals surface area contributed by atoms with Crippen molar-refractivity contribution < 1.29 is 9.84 Å². The molecule has 2 N–H and O–H groups in total. The lowest BCUT2D eigenvalue weighted by Gasteiger charge is -2.14. The normalized spacial score (nSPS) is 12.2. The number of hydrogen-bond acceptors (Lipinski definition) is 4. The average Bonchev–Trinajstić information content (AvgIpc) is 2.90. The monoisotopic (exact) mass is 283 g/mol. The molecule has 0 saturated heterocycles. The second-order valence-corrected chi connectivity index (χ2v) is 5.17. The van der Waals surface area contributed by atoms with Crippen LogP contribution < -0.4 is 10.1 Å². The molecule has 0 fully saturated rings. The van der Waals surface area contributed by atoms with Crippen LogP contribution in [0.4, 0.5) is 5.69 Å².